The highest BCUT2D eigenvalue weighted by molar-refractivity contribution is 5.81. The van der Waals surface area contributed by atoms with E-state index in [1.165, 1.54) is 6.07 Å². The summed E-state index contributed by atoms with van der Waals surface area (Å²) in [7, 11) is 3.92. The van der Waals surface area contributed by atoms with Gasteiger partial charge in [-0.15, -0.1) is 0 Å². The van der Waals surface area contributed by atoms with E-state index in [0.717, 1.165) is 18.7 Å². The molecule has 33 heavy (non-hydrogen) atoms. The molecule has 3 aromatic heterocycles. The Kier molecular flexibility index (Phi) is 6.30. The molecule has 3 heterocycles. The number of likely N-dealkylation sites (N-methyl/N-ethyl adjacent to an activating group) is 1. The van der Waals surface area contributed by atoms with Crippen LogP contribution in [0.4, 0.5) is 19.1 Å². The number of halogens is 3. The van der Waals surface area contributed by atoms with Gasteiger partial charge in [-0.1, -0.05) is 12.1 Å². The second-order valence-electron chi connectivity index (χ2n) is 7.80. The molecule has 0 bridgehead atoms. The molecule has 0 spiro atoms. The van der Waals surface area contributed by atoms with E-state index in [1.807, 2.05) is 19.0 Å². The molecule has 0 saturated carbocycles. The van der Waals surface area contributed by atoms with Gasteiger partial charge in [-0.2, -0.15) is 13.2 Å². The highest BCUT2D eigenvalue weighted by atomic mass is 19.4. The van der Waals surface area contributed by atoms with Gasteiger partial charge in [-0.25, -0.2) is 15.0 Å². The molecule has 4 rings (SSSR count). The normalized spacial score (nSPS) is 12.0. The Hall–Kier alpha value is -3.50. The van der Waals surface area contributed by atoms with Crippen molar-refractivity contribution in [2.24, 2.45) is 0 Å². The molecular formula is C23H23F3N6O. The van der Waals surface area contributed by atoms with E-state index in [-0.39, 0.29) is 6.61 Å². The first-order valence-corrected chi connectivity index (χ1v) is 10.3. The summed E-state index contributed by atoms with van der Waals surface area (Å²) in [5.41, 5.74) is 2.09. The van der Waals surface area contributed by atoms with E-state index in [0.29, 0.717) is 46.3 Å². The topological polar surface area (TPSA) is 78.6 Å². The smallest absolute Gasteiger partial charge is 0.392 e. The van der Waals surface area contributed by atoms with Gasteiger partial charge in [0, 0.05) is 31.0 Å². The predicted molar refractivity (Wildman–Crippen MR) is 120 cm³/mol. The number of aliphatic hydroxyl groups excluding tert-OH is 1. The Morgan fingerprint density at radius 2 is 1.91 bits per heavy atom. The minimum Gasteiger partial charge on any atom is -0.392 e. The summed E-state index contributed by atoms with van der Waals surface area (Å²) < 4.78 is 41.8. The van der Waals surface area contributed by atoms with Gasteiger partial charge in [0.05, 0.1) is 29.3 Å². The fourth-order valence-electron chi connectivity index (χ4n) is 3.44. The lowest BCUT2D eigenvalue weighted by atomic mass is 10.0. The van der Waals surface area contributed by atoms with Crippen molar-refractivity contribution in [2.75, 3.05) is 32.5 Å². The van der Waals surface area contributed by atoms with Crippen LogP contribution in [0.15, 0.2) is 54.9 Å². The van der Waals surface area contributed by atoms with Crippen molar-refractivity contribution in [2.45, 2.75) is 12.8 Å². The van der Waals surface area contributed by atoms with Crippen LogP contribution in [0.3, 0.4) is 0 Å². The lowest BCUT2D eigenvalue weighted by Crippen LogP contribution is -2.21. The Balaban J connectivity index is 1.86. The molecule has 0 aliphatic rings. The standard InChI is InChI=1S/C23H23F3N6O/c1-31(2)11-9-28-22-27-8-6-18(29-22)21-20(16-4-3-5-17(13-16)23(24,25)26)30-19-12-15(14-33)7-10-32(19)21/h3-8,10,12-13,33H,9,11,14H2,1-2H3,(H,27,28,29). The summed E-state index contributed by atoms with van der Waals surface area (Å²) in [6, 6.07) is 10.2. The molecule has 2 N–H and O–H groups in total. The number of rotatable bonds is 7. The minimum atomic E-state index is -4.47. The third-order valence-corrected chi connectivity index (χ3v) is 5.08. The lowest BCUT2D eigenvalue weighted by molar-refractivity contribution is -0.137. The molecule has 0 radical (unpaired) electrons. The number of aromatic nitrogens is 4. The van der Waals surface area contributed by atoms with E-state index in [4.69, 9.17) is 0 Å². The highest BCUT2D eigenvalue weighted by Crippen LogP contribution is 2.36. The second kappa shape index (κ2) is 9.16. The van der Waals surface area contributed by atoms with Crippen LogP contribution in [0.1, 0.15) is 11.1 Å². The Bertz CT molecular complexity index is 1270. The van der Waals surface area contributed by atoms with Crippen molar-refractivity contribution in [3.63, 3.8) is 0 Å². The van der Waals surface area contributed by atoms with Gasteiger partial charge >= 0.3 is 6.18 Å². The number of aliphatic hydroxyl groups is 1. The molecule has 0 aliphatic heterocycles. The zero-order valence-electron chi connectivity index (χ0n) is 18.1. The summed E-state index contributed by atoms with van der Waals surface area (Å²) in [4.78, 5) is 15.5. The second-order valence-corrected chi connectivity index (χ2v) is 7.80. The van der Waals surface area contributed by atoms with Crippen molar-refractivity contribution in [1.29, 1.82) is 0 Å². The molecule has 0 amide bonds. The number of benzene rings is 1. The van der Waals surface area contributed by atoms with Gasteiger partial charge in [0.2, 0.25) is 5.95 Å². The number of pyridine rings is 1. The van der Waals surface area contributed by atoms with Crippen LogP contribution in [0.25, 0.3) is 28.3 Å². The summed E-state index contributed by atoms with van der Waals surface area (Å²) >= 11 is 0. The summed E-state index contributed by atoms with van der Waals surface area (Å²) in [6.45, 7) is 1.23. The number of hydrogen-bond acceptors (Lipinski definition) is 6. The van der Waals surface area contributed by atoms with Crippen LogP contribution in [0, 0.1) is 0 Å². The minimum absolute atomic E-state index is 0.176. The fourth-order valence-corrected chi connectivity index (χ4v) is 3.44. The summed E-state index contributed by atoms with van der Waals surface area (Å²) in [6.07, 6.45) is -1.16. The average Bonchev–Trinajstić information content (AvgIpc) is 3.17. The third-order valence-electron chi connectivity index (χ3n) is 5.08. The third kappa shape index (κ3) is 4.96. The first-order chi connectivity index (χ1) is 15.8. The summed E-state index contributed by atoms with van der Waals surface area (Å²) in [5.74, 6) is 0.409. The largest absolute Gasteiger partial charge is 0.416 e. The SMILES string of the molecule is CN(C)CCNc1nccc(-c2c(-c3cccc(C(F)(F)F)c3)nc3cc(CO)ccn23)n1. The maximum atomic E-state index is 13.4. The molecule has 172 valence electrons. The molecule has 1 aromatic carbocycles. The first kappa shape index (κ1) is 22.7. The molecule has 0 fully saturated rings. The highest BCUT2D eigenvalue weighted by Gasteiger charge is 2.31. The van der Waals surface area contributed by atoms with Crippen molar-refractivity contribution < 1.29 is 18.3 Å². The number of alkyl halides is 3. The molecule has 0 saturated heterocycles. The Labute approximate surface area is 188 Å². The van der Waals surface area contributed by atoms with Gasteiger partial charge in [-0.05, 0) is 50.0 Å². The van der Waals surface area contributed by atoms with Crippen LogP contribution in [-0.4, -0.2) is 56.5 Å². The monoisotopic (exact) mass is 456 g/mol. The van der Waals surface area contributed by atoms with Crippen molar-refractivity contribution >= 4 is 11.6 Å². The first-order valence-electron chi connectivity index (χ1n) is 10.3. The number of hydrogen-bond donors (Lipinski definition) is 2. The molecule has 4 aromatic rings. The van der Waals surface area contributed by atoms with Crippen molar-refractivity contribution in [3.8, 4) is 22.6 Å². The Morgan fingerprint density at radius 1 is 1.09 bits per heavy atom. The quantitative estimate of drug-likeness (QED) is 0.439. The molecule has 0 atom stereocenters. The molecule has 10 heteroatoms. The number of nitrogens with one attached hydrogen (secondary N) is 1. The molecule has 0 unspecified atom stereocenters. The van der Waals surface area contributed by atoms with Gasteiger partial charge < -0.3 is 15.3 Å². The number of imidazole rings is 1. The van der Waals surface area contributed by atoms with Crippen LogP contribution in [-0.2, 0) is 12.8 Å². The van der Waals surface area contributed by atoms with E-state index >= 15 is 0 Å². The van der Waals surface area contributed by atoms with E-state index in [1.54, 1.807) is 41.1 Å². The van der Waals surface area contributed by atoms with Crippen molar-refractivity contribution in [1.82, 2.24) is 24.3 Å². The number of nitrogens with zero attached hydrogens (tertiary/aromatic N) is 5. The van der Waals surface area contributed by atoms with Crippen LogP contribution < -0.4 is 5.32 Å². The van der Waals surface area contributed by atoms with E-state index < -0.39 is 11.7 Å². The average molecular weight is 456 g/mol. The van der Waals surface area contributed by atoms with Crippen LogP contribution >= 0.6 is 0 Å². The van der Waals surface area contributed by atoms with Gasteiger partial charge in [0.25, 0.3) is 0 Å². The molecule has 0 aliphatic carbocycles. The predicted octanol–water partition coefficient (Wildman–Crippen LogP) is 3.94. The maximum absolute atomic E-state index is 13.4. The zero-order valence-corrected chi connectivity index (χ0v) is 18.1. The maximum Gasteiger partial charge on any atom is 0.416 e. The molecular weight excluding hydrogens is 433 g/mol. The van der Waals surface area contributed by atoms with Crippen LogP contribution in [0.5, 0.6) is 0 Å². The van der Waals surface area contributed by atoms with Crippen molar-refractivity contribution in [3.05, 3.63) is 66.0 Å². The summed E-state index contributed by atoms with van der Waals surface area (Å²) in [5, 5.41) is 12.7. The van der Waals surface area contributed by atoms with Gasteiger partial charge in [-0.3, -0.25) is 4.40 Å². The lowest BCUT2D eigenvalue weighted by Gasteiger charge is -2.12. The number of fused-ring (bicyclic) bond motifs is 1. The fraction of sp³-hybridized carbons (Fsp3) is 0.261. The molecule has 7 nitrogen and oxygen atoms in total. The zero-order chi connectivity index (χ0) is 23.6. The van der Waals surface area contributed by atoms with Gasteiger partial charge in [0.1, 0.15) is 5.65 Å². The van der Waals surface area contributed by atoms with E-state index in [9.17, 15) is 18.3 Å². The Morgan fingerprint density at radius 3 is 2.64 bits per heavy atom. The van der Waals surface area contributed by atoms with Crippen LogP contribution in [0.2, 0.25) is 0 Å². The van der Waals surface area contributed by atoms with E-state index in [2.05, 4.69) is 20.3 Å². The van der Waals surface area contributed by atoms with Gasteiger partial charge in [0.15, 0.2) is 0 Å². The number of anilines is 1.